The van der Waals surface area contributed by atoms with Gasteiger partial charge in [0.25, 0.3) is 0 Å². The van der Waals surface area contributed by atoms with Crippen molar-refractivity contribution in [2.75, 3.05) is 0 Å². The van der Waals surface area contributed by atoms with Gasteiger partial charge in [0.2, 0.25) is 11.7 Å². The molecule has 7 heteroatoms. The molecule has 1 aliphatic carbocycles. The van der Waals surface area contributed by atoms with E-state index < -0.39 is 17.7 Å². The van der Waals surface area contributed by atoms with E-state index in [0.717, 1.165) is 0 Å². The van der Waals surface area contributed by atoms with E-state index in [4.69, 9.17) is 9.63 Å². The van der Waals surface area contributed by atoms with Gasteiger partial charge in [-0.3, -0.25) is 4.79 Å². The lowest BCUT2D eigenvalue weighted by Crippen LogP contribution is -1.98. The maximum atomic E-state index is 13.2. The summed E-state index contributed by atoms with van der Waals surface area (Å²) in [5, 5.41) is 12.6. The van der Waals surface area contributed by atoms with Gasteiger partial charge in [-0.15, -0.1) is 0 Å². The Kier molecular flexibility index (Phi) is 2.85. The molecule has 0 aliphatic heterocycles. The standard InChI is InChI=1S/C12H8BrFN2O3/c13-9-2-1-5(14)3-8(9)10-15-11(19-16-10)6-4-7(6)12(17)18/h1-3,6-7H,4H2,(H,17,18). The van der Waals surface area contributed by atoms with Crippen LogP contribution in [0.4, 0.5) is 4.39 Å². The van der Waals surface area contributed by atoms with Crippen LogP contribution in [0.5, 0.6) is 0 Å². The van der Waals surface area contributed by atoms with Gasteiger partial charge in [0.1, 0.15) is 5.82 Å². The first-order chi connectivity index (χ1) is 9.06. The highest BCUT2D eigenvalue weighted by Gasteiger charge is 2.48. The number of carboxylic acids is 1. The van der Waals surface area contributed by atoms with Gasteiger partial charge in [-0.05, 0) is 24.6 Å². The van der Waals surface area contributed by atoms with E-state index in [1.54, 1.807) is 6.07 Å². The molecule has 1 aromatic heterocycles. The van der Waals surface area contributed by atoms with Gasteiger partial charge in [-0.25, -0.2) is 4.39 Å². The van der Waals surface area contributed by atoms with Crippen molar-refractivity contribution in [3.05, 3.63) is 34.4 Å². The average Bonchev–Trinajstić information content (AvgIpc) is 3.04. The van der Waals surface area contributed by atoms with Crippen molar-refractivity contribution in [3.63, 3.8) is 0 Å². The lowest BCUT2D eigenvalue weighted by Gasteiger charge is -1.98. The van der Waals surface area contributed by atoms with Crippen molar-refractivity contribution in [3.8, 4) is 11.4 Å². The van der Waals surface area contributed by atoms with Gasteiger partial charge in [0.15, 0.2) is 0 Å². The Morgan fingerprint density at radius 2 is 2.32 bits per heavy atom. The minimum atomic E-state index is -0.864. The summed E-state index contributed by atoms with van der Waals surface area (Å²) in [7, 11) is 0. The minimum absolute atomic E-state index is 0.230. The highest BCUT2D eigenvalue weighted by molar-refractivity contribution is 9.10. The molecule has 2 aromatic rings. The van der Waals surface area contributed by atoms with Crippen LogP contribution in [0.1, 0.15) is 18.2 Å². The molecular weight excluding hydrogens is 319 g/mol. The van der Waals surface area contributed by atoms with Crippen molar-refractivity contribution in [2.45, 2.75) is 12.3 Å². The zero-order valence-electron chi connectivity index (χ0n) is 9.51. The first-order valence-electron chi connectivity index (χ1n) is 5.58. The molecule has 3 rings (SSSR count). The van der Waals surface area contributed by atoms with Crippen molar-refractivity contribution in [1.82, 2.24) is 10.1 Å². The third kappa shape index (κ3) is 2.25. The van der Waals surface area contributed by atoms with Gasteiger partial charge in [0, 0.05) is 10.0 Å². The second-order valence-corrected chi connectivity index (χ2v) is 5.22. The molecule has 2 unspecified atom stereocenters. The summed E-state index contributed by atoms with van der Waals surface area (Å²) in [6, 6.07) is 4.16. The Morgan fingerprint density at radius 3 is 3.00 bits per heavy atom. The summed E-state index contributed by atoms with van der Waals surface area (Å²) in [5.74, 6) is -1.41. The number of aromatic nitrogens is 2. The van der Waals surface area contributed by atoms with Crippen LogP contribution in [-0.4, -0.2) is 21.2 Å². The minimum Gasteiger partial charge on any atom is -0.481 e. The zero-order chi connectivity index (χ0) is 13.6. The Hall–Kier alpha value is -1.76. The van der Waals surface area contributed by atoms with E-state index in [2.05, 4.69) is 26.1 Å². The van der Waals surface area contributed by atoms with Crippen LogP contribution in [-0.2, 0) is 4.79 Å². The second kappa shape index (κ2) is 4.41. The molecule has 0 saturated heterocycles. The molecule has 1 fully saturated rings. The SMILES string of the molecule is O=C(O)C1CC1c1nc(-c2cc(F)ccc2Br)no1. The fourth-order valence-electron chi connectivity index (χ4n) is 1.90. The molecule has 0 spiro atoms. The van der Waals surface area contributed by atoms with Crippen LogP contribution in [0, 0.1) is 11.7 Å². The quantitative estimate of drug-likeness (QED) is 0.938. The number of aliphatic carboxylic acids is 1. The molecule has 5 nitrogen and oxygen atoms in total. The number of hydrogen-bond acceptors (Lipinski definition) is 4. The molecule has 1 N–H and O–H groups in total. The Bertz CT molecular complexity index is 658. The van der Waals surface area contributed by atoms with Gasteiger partial charge in [-0.2, -0.15) is 4.98 Å². The van der Waals surface area contributed by atoms with Crippen molar-refractivity contribution >= 4 is 21.9 Å². The third-order valence-electron chi connectivity index (χ3n) is 3.04. The molecule has 0 amide bonds. The Balaban J connectivity index is 1.90. The highest BCUT2D eigenvalue weighted by atomic mass is 79.9. The smallest absolute Gasteiger partial charge is 0.307 e. The van der Waals surface area contributed by atoms with Crippen molar-refractivity contribution in [2.24, 2.45) is 5.92 Å². The summed E-state index contributed by atoms with van der Waals surface area (Å²) in [6.45, 7) is 0. The first kappa shape index (κ1) is 12.3. The molecule has 2 atom stereocenters. The number of benzene rings is 1. The first-order valence-corrected chi connectivity index (χ1v) is 6.37. The predicted molar refractivity (Wildman–Crippen MR) is 65.9 cm³/mol. The fourth-order valence-corrected chi connectivity index (χ4v) is 2.33. The summed E-state index contributed by atoms with van der Waals surface area (Å²) >= 11 is 3.28. The van der Waals surface area contributed by atoms with E-state index in [0.29, 0.717) is 22.3 Å². The monoisotopic (exact) mass is 326 g/mol. The number of halogens is 2. The molecule has 19 heavy (non-hydrogen) atoms. The van der Waals surface area contributed by atoms with E-state index in [-0.39, 0.29) is 11.7 Å². The normalized spacial score (nSPS) is 21.4. The summed E-state index contributed by atoms with van der Waals surface area (Å²) in [5.41, 5.74) is 0.475. The zero-order valence-corrected chi connectivity index (χ0v) is 11.1. The lowest BCUT2D eigenvalue weighted by molar-refractivity contribution is -0.138. The number of carbonyl (C=O) groups is 1. The van der Waals surface area contributed by atoms with Gasteiger partial charge in [-0.1, -0.05) is 21.1 Å². The maximum absolute atomic E-state index is 13.2. The van der Waals surface area contributed by atoms with Gasteiger partial charge in [0.05, 0.1) is 11.8 Å². The molecule has 0 radical (unpaired) electrons. The molecule has 98 valence electrons. The molecular formula is C12H8BrFN2O3. The number of rotatable bonds is 3. The van der Waals surface area contributed by atoms with Crippen LogP contribution >= 0.6 is 15.9 Å². The summed E-state index contributed by atoms with van der Waals surface area (Å²) in [6.07, 6.45) is 0.501. The number of carboxylic acid groups (broad SMARTS) is 1. The van der Waals surface area contributed by atoms with Crippen LogP contribution in [0.15, 0.2) is 27.2 Å². The second-order valence-electron chi connectivity index (χ2n) is 4.37. The maximum Gasteiger partial charge on any atom is 0.307 e. The Morgan fingerprint density at radius 1 is 1.53 bits per heavy atom. The largest absolute Gasteiger partial charge is 0.481 e. The highest BCUT2D eigenvalue weighted by Crippen LogP contribution is 2.47. The number of hydrogen-bond donors (Lipinski definition) is 1. The summed E-state index contributed by atoms with van der Waals surface area (Å²) in [4.78, 5) is 14.9. The van der Waals surface area contributed by atoms with Crippen LogP contribution in [0.3, 0.4) is 0 Å². The third-order valence-corrected chi connectivity index (χ3v) is 3.73. The lowest BCUT2D eigenvalue weighted by atomic mass is 10.2. The molecule has 1 saturated carbocycles. The van der Waals surface area contributed by atoms with Crippen LogP contribution < -0.4 is 0 Å². The van der Waals surface area contributed by atoms with E-state index in [1.807, 2.05) is 0 Å². The molecule has 0 bridgehead atoms. The Labute approximate surface area is 115 Å². The number of nitrogens with zero attached hydrogens (tertiary/aromatic N) is 2. The van der Waals surface area contributed by atoms with Crippen molar-refractivity contribution < 1.29 is 18.8 Å². The van der Waals surface area contributed by atoms with Crippen LogP contribution in [0.25, 0.3) is 11.4 Å². The van der Waals surface area contributed by atoms with Crippen molar-refractivity contribution in [1.29, 1.82) is 0 Å². The molecule has 1 heterocycles. The van der Waals surface area contributed by atoms with Gasteiger partial charge >= 0.3 is 5.97 Å². The molecule has 1 aliphatic rings. The van der Waals surface area contributed by atoms with Gasteiger partial charge < -0.3 is 9.63 Å². The van der Waals surface area contributed by atoms with E-state index in [1.165, 1.54) is 12.1 Å². The average molecular weight is 327 g/mol. The van der Waals surface area contributed by atoms with Crippen LogP contribution in [0.2, 0.25) is 0 Å². The van der Waals surface area contributed by atoms with E-state index >= 15 is 0 Å². The summed E-state index contributed by atoms with van der Waals surface area (Å²) < 4.78 is 18.9. The van der Waals surface area contributed by atoms with E-state index in [9.17, 15) is 9.18 Å². The predicted octanol–water partition coefficient (Wildman–Crippen LogP) is 2.83. The topological polar surface area (TPSA) is 76.2 Å². The molecule has 1 aromatic carbocycles. The fraction of sp³-hybridized carbons (Fsp3) is 0.250.